The molecular weight excluding hydrogens is 436 g/mol. The first-order valence-electron chi connectivity index (χ1n) is 9.77. The average Bonchev–Trinajstić information content (AvgIpc) is 2.83. The summed E-state index contributed by atoms with van der Waals surface area (Å²) in [7, 11) is 3.73. The van der Waals surface area contributed by atoms with E-state index in [0.29, 0.717) is 43.4 Å². The number of alkyl halides is 6. The maximum atomic E-state index is 13.7. The second-order valence-electron chi connectivity index (χ2n) is 7.64. The summed E-state index contributed by atoms with van der Waals surface area (Å²) >= 11 is 0. The van der Waals surface area contributed by atoms with Gasteiger partial charge in [-0.3, -0.25) is 9.79 Å². The molecule has 172 valence electrons. The minimum atomic E-state index is -4.90. The number of carbonyl (C=O) groups is 1. The molecule has 0 aliphatic carbocycles. The van der Waals surface area contributed by atoms with Crippen LogP contribution in [0.25, 0.3) is 0 Å². The molecule has 4 nitrogen and oxygen atoms in total. The number of hydrogen-bond acceptors (Lipinski definition) is 3. The third-order valence-corrected chi connectivity index (χ3v) is 5.02. The number of benzodiazepines with no additional fused rings is 1. The summed E-state index contributed by atoms with van der Waals surface area (Å²) in [6.45, 7) is 0.497. The zero-order chi connectivity index (χ0) is 23.7. The molecule has 1 aliphatic rings. The van der Waals surface area contributed by atoms with Gasteiger partial charge in [0.05, 0.1) is 22.5 Å². The van der Waals surface area contributed by atoms with E-state index >= 15 is 0 Å². The van der Waals surface area contributed by atoms with Crippen molar-refractivity contribution in [3.63, 3.8) is 0 Å². The van der Waals surface area contributed by atoms with Crippen LogP contribution in [0.4, 0.5) is 32.0 Å². The standard InChI is InChI=1S/C22H21F6N3O/c1-30(2)10-5-11-31-18-7-4-3-6-15(18)20(29-13-19(31)32)16-12-14(21(23,24)25)8-9-17(16)22(26,27)28/h3-4,6-9,12H,5,10-11,13H2,1-2H3. The molecule has 0 unspecified atom stereocenters. The molecule has 2 aromatic rings. The van der Waals surface area contributed by atoms with E-state index in [1.807, 2.05) is 19.0 Å². The maximum Gasteiger partial charge on any atom is 0.417 e. The van der Waals surface area contributed by atoms with Crippen LogP contribution in [0.2, 0.25) is 0 Å². The summed E-state index contributed by atoms with van der Waals surface area (Å²) in [6, 6.07) is 7.44. The van der Waals surface area contributed by atoms with Gasteiger partial charge in [0.1, 0.15) is 6.54 Å². The SMILES string of the molecule is CN(C)CCCN1C(=O)CN=C(c2cc(C(F)(F)F)ccc2C(F)(F)F)c2ccccc21. The van der Waals surface area contributed by atoms with Crippen molar-refractivity contribution < 1.29 is 31.1 Å². The van der Waals surface area contributed by atoms with E-state index in [9.17, 15) is 31.1 Å². The Kier molecular flexibility index (Phi) is 6.64. The fraction of sp³-hybridized carbons (Fsp3) is 0.364. The van der Waals surface area contributed by atoms with Crippen LogP contribution in [-0.4, -0.2) is 50.2 Å². The summed E-state index contributed by atoms with van der Waals surface area (Å²) in [5.74, 6) is -0.438. The highest BCUT2D eigenvalue weighted by Gasteiger charge is 2.39. The Balaban J connectivity index is 2.16. The predicted molar refractivity (Wildman–Crippen MR) is 109 cm³/mol. The van der Waals surface area contributed by atoms with Crippen molar-refractivity contribution >= 4 is 17.3 Å². The van der Waals surface area contributed by atoms with Gasteiger partial charge in [-0.25, -0.2) is 0 Å². The van der Waals surface area contributed by atoms with E-state index in [1.165, 1.54) is 11.0 Å². The molecule has 1 amide bonds. The lowest BCUT2D eigenvalue weighted by molar-refractivity contribution is -0.141. The largest absolute Gasteiger partial charge is 0.417 e. The van der Waals surface area contributed by atoms with Gasteiger partial charge in [0, 0.05) is 17.7 Å². The summed E-state index contributed by atoms with van der Waals surface area (Å²) < 4.78 is 80.9. The topological polar surface area (TPSA) is 35.9 Å². The lowest BCUT2D eigenvalue weighted by Crippen LogP contribution is -2.34. The number of para-hydroxylation sites is 1. The summed E-state index contributed by atoms with van der Waals surface area (Å²) in [4.78, 5) is 20.1. The normalized spacial score (nSPS) is 15.0. The minimum absolute atomic E-state index is 0.174. The molecular formula is C22H21F6N3O. The predicted octanol–water partition coefficient (Wildman–Crippen LogP) is 4.86. The Morgan fingerprint density at radius 3 is 2.28 bits per heavy atom. The minimum Gasteiger partial charge on any atom is -0.310 e. The number of anilines is 1. The maximum absolute atomic E-state index is 13.7. The Bertz CT molecular complexity index is 1030. The Morgan fingerprint density at radius 2 is 1.66 bits per heavy atom. The van der Waals surface area contributed by atoms with Gasteiger partial charge in [0.15, 0.2) is 0 Å². The number of fused-ring (bicyclic) bond motifs is 1. The number of nitrogens with zero attached hydrogens (tertiary/aromatic N) is 3. The smallest absolute Gasteiger partial charge is 0.310 e. The molecule has 10 heteroatoms. The molecule has 0 spiro atoms. The van der Waals surface area contributed by atoms with Crippen LogP contribution < -0.4 is 4.90 Å². The third kappa shape index (κ3) is 5.12. The summed E-state index contributed by atoms with van der Waals surface area (Å²) in [5, 5.41) is 0. The van der Waals surface area contributed by atoms with Crippen LogP contribution in [-0.2, 0) is 17.1 Å². The second-order valence-corrected chi connectivity index (χ2v) is 7.64. The zero-order valence-corrected chi connectivity index (χ0v) is 17.4. The number of rotatable bonds is 5. The first-order chi connectivity index (χ1) is 14.9. The number of halogens is 6. The molecule has 3 rings (SSSR count). The van der Waals surface area contributed by atoms with Gasteiger partial charge >= 0.3 is 12.4 Å². The van der Waals surface area contributed by atoms with Crippen molar-refractivity contribution in [2.45, 2.75) is 18.8 Å². The molecule has 0 bridgehead atoms. The first kappa shape index (κ1) is 23.8. The molecule has 0 saturated heterocycles. The molecule has 2 aromatic carbocycles. The van der Waals surface area contributed by atoms with Crippen molar-refractivity contribution in [2.75, 3.05) is 38.6 Å². The Hall–Kier alpha value is -2.88. The van der Waals surface area contributed by atoms with Crippen molar-refractivity contribution in [1.82, 2.24) is 4.90 Å². The molecule has 32 heavy (non-hydrogen) atoms. The molecule has 0 radical (unpaired) electrons. The van der Waals surface area contributed by atoms with Gasteiger partial charge < -0.3 is 9.80 Å². The molecule has 0 saturated carbocycles. The molecule has 0 atom stereocenters. The number of carbonyl (C=O) groups excluding carboxylic acids is 1. The molecule has 1 aliphatic heterocycles. The van der Waals surface area contributed by atoms with Gasteiger partial charge in [-0.1, -0.05) is 18.2 Å². The number of benzene rings is 2. The molecule has 0 aromatic heterocycles. The molecule has 1 heterocycles. The lowest BCUT2D eigenvalue weighted by Gasteiger charge is -2.24. The highest BCUT2D eigenvalue weighted by atomic mass is 19.4. The van der Waals surface area contributed by atoms with E-state index in [1.54, 1.807) is 18.2 Å². The average molecular weight is 457 g/mol. The summed E-state index contributed by atoms with van der Waals surface area (Å²) in [6.07, 6.45) is -9.14. The Labute approximate surface area is 181 Å². The van der Waals surface area contributed by atoms with E-state index in [2.05, 4.69) is 4.99 Å². The van der Waals surface area contributed by atoms with E-state index < -0.39 is 41.5 Å². The van der Waals surface area contributed by atoms with Gasteiger partial charge in [0.25, 0.3) is 0 Å². The van der Waals surface area contributed by atoms with Crippen LogP contribution in [0.1, 0.15) is 28.7 Å². The Morgan fingerprint density at radius 1 is 0.969 bits per heavy atom. The van der Waals surface area contributed by atoms with Gasteiger partial charge in [-0.15, -0.1) is 0 Å². The van der Waals surface area contributed by atoms with E-state index in [0.717, 1.165) is 0 Å². The fourth-order valence-electron chi connectivity index (χ4n) is 3.54. The van der Waals surface area contributed by atoms with Crippen LogP contribution in [0.15, 0.2) is 47.5 Å². The zero-order valence-electron chi connectivity index (χ0n) is 17.4. The van der Waals surface area contributed by atoms with Crippen LogP contribution in [0.5, 0.6) is 0 Å². The number of amides is 1. The highest BCUT2D eigenvalue weighted by molar-refractivity contribution is 6.20. The fourth-order valence-corrected chi connectivity index (χ4v) is 3.54. The molecule has 0 N–H and O–H groups in total. The van der Waals surface area contributed by atoms with Gasteiger partial charge in [-0.05, 0) is 51.3 Å². The first-order valence-corrected chi connectivity index (χ1v) is 9.77. The van der Waals surface area contributed by atoms with Crippen LogP contribution in [0.3, 0.4) is 0 Å². The van der Waals surface area contributed by atoms with Crippen molar-refractivity contribution in [1.29, 1.82) is 0 Å². The van der Waals surface area contributed by atoms with E-state index in [4.69, 9.17) is 0 Å². The van der Waals surface area contributed by atoms with E-state index in [-0.39, 0.29) is 11.3 Å². The van der Waals surface area contributed by atoms with Crippen molar-refractivity contribution in [3.05, 3.63) is 64.7 Å². The number of aliphatic imine (C=N–C) groups is 1. The second kappa shape index (κ2) is 8.93. The lowest BCUT2D eigenvalue weighted by atomic mass is 9.93. The number of hydrogen-bond donors (Lipinski definition) is 0. The highest BCUT2D eigenvalue weighted by Crippen LogP contribution is 2.39. The van der Waals surface area contributed by atoms with Gasteiger partial charge in [0.2, 0.25) is 5.91 Å². The third-order valence-electron chi connectivity index (χ3n) is 5.02. The van der Waals surface area contributed by atoms with Gasteiger partial charge in [-0.2, -0.15) is 26.3 Å². The quantitative estimate of drug-likeness (QED) is 0.602. The van der Waals surface area contributed by atoms with Crippen molar-refractivity contribution in [3.8, 4) is 0 Å². The summed E-state index contributed by atoms with van der Waals surface area (Å²) in [5.41, 5.74) is -2.97. The van der Waals surface area contributed by atoms with Crippen LogP contribution in [0, 0.1) is 0 Å². The van der Waals surface area contributed by atoms with Crippen LogP contribution >= 0.6 is 0 Å². The van der Waals surface area contributed by atoms with Crippen molar-refractivity contribution in [2.24, 2.45) is 4.99 Å². The monoisotopic (exact) mass is 457 g/mol. The molecule has 0 fully saturated rings.